The van der Waals surface area contributed by atoms with E-state index >= 15 is 0 Å². The van der Waals surface area contributed by atoms with Gasteiger partial charge in [0.2, 0.25) is 0 Å². The van der Waals surface area contributed by atoms with E-state index in [1.54, 1.807) is 12.3 Å². The molecule has 1 N–H and O–H groups in total. The summed E-state index contributed by atoms with van der Waals surface area (Å²) in [6.45, 7) is 7.74. The number of likely N-dealkylation sites (N-methyl/N-ethyl adjacent to an activating group) is 3. The van der Waals surface area contributed by atoms with Crippen LogP contribution in [0.3, 0.4) is 0 Å². The van der Waals surface area contributed by atoms with Gasteiger partial charge in [-0.3, -0.25) is 9.69 Å². The second-order valence-corrected chi connectivity index (χ2v) is 7.30. The first-order valence-electron chi connectivity index (χ1n) is 9.09. The standard InChI is InChI=1S/C18H30N6O/c1-21-7-10-24(11-8-21)17-12-15(4-5-19-17)18(25)20-13-16-14-22(2)6-9-23(16)3/h4-5,12,16H,6-11,13-14H2,1-3H3,(H,20,25). The molecule has 0 bridgehead atoms. The second kappa shape index (κ2) is 8.12. The van der Waals surface area contributed by atoms with E-state index in [4.69, 9.17) is 0 Å². The largest absolute Gasteiger partial charge is 0.354 e. The molecule has 1 amide bonds. The number of carbonyl (C=O) groups is 1. The Hall–Kier alpha value is -1.70. The van der Waals surface area contributed by atoms with Crippen LogP contribution in [0.1, 0.15) is 10.4 Å². The van der Waals surface area contributed by atoms with E-state index in [-0.39, 0.29) is 5.91 Å². The van der Waals surface area contributed by atoms with Crippen LogP contribution in [0.25, 0.3) is 0 Å². The van der Waals surface area contributed by atoms with Crippen LogP contribution < -0.4 is 10.2 Å². The fraction of sp³-hybridized carbons (Fsp3) is 0.667. The SMILES string of the molecule is CN1CCN(c2cc(C(=O)NCC3CN(C)CCN3C)ccn2)CC1. The lowest BCUT2D eigenvalue weighted by molar-refractivity contribution is 0.0881. The molecule has 1 unspecified atom stereocenters. The zero-order valence-corrected chi connectivity index (χ0v) is 15.6. The van der Waals surface area contributed by atoms with Gasteiger partial charge >= 0.3 is 0 Å². The molecule has 1 aromatic rings. The molecule has 0 saturated carbocycles. The maximum atomic E-state index is 12.6. The molecular formula is C18H30N6O. The average molecular weight is 346 g/mol. The average Bonchev–Trinajstić information content (AvgIpc) is 2.63. The molecule has 7 heteroatoms. The minimum absolute atomic E-state index is 0.0144. The maximum absolute atomic E-state index is 12.6. The first kappa shape index (κ1) is 18.1. The molecule has 0 aliphatic carbocycles. The number of nitrogens with zero attached hydrogens (tertiary/aromatic N) is 5. The molecule has 0 radical (unpaired) electrons. The van der Waals surface area contributed by atoms with Gasteiger partial charge in [0.05, 0.1) is 0 Å². The number of piperazine rings is 2. The van der Waals surface area contributed by atoms with Gasteiger partial charge in [0.1, 0.15) is 5.82 Å². The molecule has 7 nitrogen and oxygen atoms in total. The predicted octanol–water partition coefficient (Wildman–Crippen LogP) is -0.191. The molecule has 0 aromatic carbocycles. The number of carbonyl (C=O) groups excluding carboxylic acids is 1. The molecule has 2 aliphatic rings. The minimum atomic E-state index is -0.0144. The van der Waals surface area contributed by atoms with Crippen LogP contribution in [0.15, 0.2) is 18.3 Å². The third kappa shape index (κ3) is 4.68. The minimum Gasteiger partial charge on any atom is -0.354 e. The van der Waals surface area contributed by atoms with Crippen molar-refractivity contribution in [3.05, 3.63) is 23.9 Å². The number of aromatic nitrogens is 1. The Morgan fingerprint density at radius 3 is 2.60 bits per heavy atom. The summed E-state index contributed by atoms with van der Waals surface area (Å²) in [5.74, 6) is 0.884. The zero-order chi connectivity index (χ0) is 17.8. The van der Waals surface area contributed by atoms with Crippen molar-refractivity contribution in [3.8, 4) is 0 Å². The molecule has 138 valence electrons. The maximum Gasteiger partial charge on any atom is 0.251 e. The number of hydrogen-bond acceptors (Lipinski definition) is 6. The van der Waals surface area contributed by atoms with Crippen molar-refractivity contribution in [2.24, 2.45) is 0 Å². The highest BCUT2D eigenvalue weighted by molar-refractivity contribution is 5.94. The smallest absolute Gasteiger partial charge is 0.251 e. The summed E-state index contributed by atoms with van der Waals surface area (Å²) in [6, 6.07) is 4.07. The van der Waals surface area contributed by atoms with Gasteiger partial charge in [-0.1, -0.05) is 0 Å². The highest BCUT2D eigenvalue weighted by Crippen LogP contribution is 2.15. The van der Waals surface area contributed by atoms with Gasteiger partial charge in [-0.15, -0.1) is 0 Å². The van der Waals surface area contributed by atoms with Gasteiger partial charge in [0.15, 0.2) is 0 Å². The molecule has 2 fully saturated rings. The summed E-state index contributed by atoms with van der Waals surface area (Å²) in [4.78, 5) is 26.2. The molecule has 3 rings (SSSR count). The number of pyridine rings is 1. The van der Waals surface area contributed by atoms with Crippen molar-refractivity contribution < 1.29 is 4.79 Å². The van der Waals surface area contributed by atoms with Gasteiger partial charge in [-0.25, -0.2) is 4.98 Å². The monoisotopic (exact) mass is 346 g/mol. The van der Waals surface area contributed by atoms with Gasteiger partial charge < -0.3 is 20.0 Å². The van der Waals surface area contributed by atoms with Crippen molar-refractivity contribution in [1.29, 1.82) is 0 Å². The third-order valence-corrected chi connectivity index (χ3v) is 5.31. The molecule has 1 atom stereocenters. The Balaban J connectivity index is 1.58. The van der Waals surface area contributed by atoms with Crippen LogP contribution in [0, 0.1) is 0 Å². The molecule has 1 aromatic heterocycles. The topological polar surface area (TPSA) is 55.0 Å². The van der Waals surface area contributed by atoms with Gasteiger partial charge in [-0.05, 0) is 33.3 Å². The molecule has 2 saturated heterocycles. The summed E-state index contributed by atoms with van der Waals surface area (Å²) < 4.78 is 0. The molecule has 0 spiro atoms. The summed E-state index contributed by atoms with van der Waals surface area (Å²) in [7, 11) is 6.39. The first-order chi connectivity index (χ1) is 12.0. The fourth-order valence-electron chi connectivity index (χ4n) is 3.40. The molecule has 3 heterocycles. The van der Waals surface area contributed by atoms with E-state index < -0.39 is 0 Å². The highest BCUT2D eigenvalue weighted by atomic mass is 16.1. The number of nitrogens with one attached hydrogen (secondary N) is 1. The van der Waals surface area contributed by atoms with Crippen molar-refractivity contribution in [3.63, 3.8) is 0 Å². The molecular weight excluding hydrogens is 316 g/mol. The summed E-state index contributed by atoms with van der Waals surface area (Å²) in [5.41, 5.74) is 0.691. The number of hydrogen-bond donors (Lipinski definition) is 1. The normalized spacial score (nSPS) is 23.6. The Bertz CT molecular complexity index is 587. The van der Waals surface area contributed by atoms with Gasteiger partial charge in [0.25, 0.3) is 5.91 Å². The molecule has 2 aliphatic heterocycles. The van der Waals surface area contributed by atoms with E-state index in [2.05, 4.69) is 51.0 Å². The van der Waals surface area contributed by atoms with Crippen molar-refractivity contribution in [2.75, 3.05) is 78.4 Å². The quantitative estimate of drug-likeness (QED) is 0.816. The summed E-state index contributed by atoms with van der Waals surface area (Å²) in [6.07, 6.45) is 1.74. The highest BCUT2D eigenvalue weighted by Gasteiger charge is 2.23. The van der Waals surface area contributed by atoms with E-state index in [1.807, 2.05) is 6.07 Å². The lowest BCUT2D eigenvalue weighted by Crippen LogP contribution is -2.54. The zero-order valence-electron chi connectivity index (χ0n) is 15.6. The number of rotatable bonds is 4. The summed E-state index contributed by atoms with van der Waals surface area (Å²) in [5, 5.41) is 3.10. The lowest BCUT2D eigenvalue weighted by atomic mass is 10.1. The first-order valence-corrected chi connectivity index (χ1v) is 9.09. The Morgan fingerprint density at radius 1 is 1.12 bits per heavy atom. The van der Waals surface area contributed by atoms with Crippen LogP contribution >= 0.6 is 0 Å². The third-order valence-electron chi connectivity index (χ3n) is 5.31. The van der Waals surface area contributed by atoms with Crippen LogP contribution in [0.4, 0.5) is 5.82 Å². The van der Waals surface area contributed by atoms with E-state index in [9.17, 15) is 4.79 Å². The van der Waals surface area contributed by atoms with Crippen LogP contribution in [-0.4, -0.2) is 105 Å². The fourth-order valence-corrected chi connectivity index (χ4v) is 3.40. The van der Waals surface area contributed by atoms with Crippen LogP contribution in [0.5, 0.6) is 0 Å². The van der Waals surface area contributed by atoms with E-state index in [0.29, 0.717) is 18.2 Å². The van der Waals surface area contributed by atoms with Gasteiger partial charge in [-0.2, -0.15) is 0 Å². The van der Waals surface area contributed by atoms with Crippen molar-refractivity contribution >= 4 is 11.7 Å². The van der Waals surface area contributed by atoms with E-state index in [1.165, 1.54) is 0 Å². The Morgan fingerprint density at radius 2 is 1.84 bits per heavy atom. The predicted molar refractivity (Wildman–Crippen MR) is 100 cm³/mol. The Kier molecular flexibility index (Phi) is 5.88. The van der Waals surface area contributed by atoms with Crippen LogP contribution in [-0.2, 0) is 0 Å². The lowest BCUT2D eigenvalue weighted by Gasteiger charge is -2.37. The Labute approximate surface area is 150 Å². The van der Waals surface area contributed by atoms with Crippen molar-refractivity contribution in [1.82, 2.24) is 25.0 Å². The second-order valence-electron chi connectivity index (χ2n) is 7.30. The van der Waals surface area contributed by atoms with Crippen LogP contribution in [0.2, 0.25) is 0 Å². The van der Waals surface area contributed by atoms with E-state index in [0.717, 1.165) is 51.6 Å². The number of amides is 1. The summed E-state index contributed by atoms with van der Waals surface area (Å²) >= 11 is 0. The number of anilines is 1. The molecule has 25 heavy (non-hydrogen) atoms. The van der Waals surface area contributed by atoms with Gasteiger partial charge in [0, 0.05) is 70.2 Å². The van der Waals surface area contributed by atoms with Crippen molar-refractivity contribution in [2.45, 2.75) is 6.04 Å².